The number of benzene rings is 1. The van der Waals surface area contributed by atoms with E-state index in [-0.39, 0.29) is 15.9 Å². The summed E-state index contributed by atoms with van der Waals surface area (Å²) >= 11 is 3.01. The van der Waals surface area contributed by atoms with E-state index in [0.717, 1.165) is 12.1 Å². The molecule has 0 atom stereocenters. The number of sulfonamides is 1. The summed E-state index contributed by atoms with van der Waals surface area (Å²) in [5.74, 6) is -0.493. The summed E-state index contributed by atoms with van der Waals surface area (Å²) in [6, 6.07) is 3.42. The zero-order chi connectivity index (χ0) is 12.2. The van der Waals surface area contributed by atoms with Gasteiger partial charge in [0.15, 0.2) is 0 Å². The van der Waals surface area contributed by atoms with E-state index in [1.165, 1.54) is 6.07 Å². The van der Waals surface area contributed by atoms with Crippen molar-refractivity contribution in [3.63, 3.8) is 0 Å². The second-order valence-electron chi connectivity index (χ2n) is 3.11. The number of rotatable bonds is 5. The minimum absolute atomic E-state index is 0.0194. The van der Waals surface area contributed by atoms with Gasteiger partial charge in [-0.1, -0.05) is 0 Å². The number of nitrogens with two attached hydrogens (primary N) is 1. The van der Waals surface area contributed by atoms with E-state index in [0.29, 0.717) is 13.0 Å². The lowest BCUT2D eigenvalue weighted by Gasteiger charge is -2.07. The van der Waals surface area contributed by atoms with E-state index in [1.807, 2.05) is 0 Å². The van der Waals surface area contributed by atoms with Gasteiger partial charge in [0, 0.05) is 11.0 Å². The van der Waals surface area contributed by atoms with Crippen molar-refractivity contribution in [2.24, 2.45) is 5.73 Å². The van der Waals surface area contributed by atoms with Crippen LogP contribution in [0, 0.1) is 5.82 Å². The Labute approximate surface area is 102 Å². The SMILES string of the molecule is NCCCNS(=O)(=O)c1ccc(F)cc1Br. The van der Waals surface area contributed by atoms with E-state index in [9.17, 15) is 12.8 Å². The molecule has 0 aliphatic carbocycles. The maximum atomic E-state index is 12.8. The highest BCUT2D eigenvalue weighted by Gasteiger charge is 2.16. The van der Waals surface area contributed by atoms with Crippen molar-refractivity contribution < 1.29 is 12.8 Å². The van der Waals surface area contributed by atoms with Crippen molar-refractivity contribution in [3.8, 4) is 0 Å². The molecule has 0 unspecified atom stereocenters. The summed E-state index contributed by atoms with van der Waals surface area (Å²) in [7, 11) is -3.60. The van der Waals surface area contributed by atoms with Crippen LogP contribution >= 0.6 is 15.9 Å². The summed E-state index contributed by atoms with van der Waals surface area (Å²) in [4.78, 5) is 0.0194. The molecule has 0 bridgehead atoms. The second-order valence-corrected chi connectivity index (χ2v) is 5.70. The van der Waals surface area contributed by atoms with Crippen LogP contribution in [0.5, 0.6) is 0 Å². The molecule has 90 valence electrons. The van der Waals surface area contributed by atoms with Gasteiger partial charge in [0.1, 0.15) is 5.82 Å². The predicted octanol–water partition coefficient (Wildman–Crippen LogP) is 1.22. The topological polar surface area (TPSA) is 72.2 Å². The first-order chi connectivity index (χ1) is 7.47. The minimum Gasteiger partial charge on any atom is -0.330 e. The monoisotopic (exact) mass is 310 g/mol. The highest BCUT2D eigenvalue weighted by Crippen LogP contribution is 2.22. The molecule has 1 rings (SSSR count). The molecule has 0 aliphatic rings. The number of nitrogens with one attached hydrogen (secondary N) is 1. The van der Waals surface area contributed by atoms with Crippen molar-refractivity contribution in [2.75, 3.05) is 13.1 Å². The lowest BCUT2D eigenvalue weighted by molar-refractivity contribution is 0.578. The van der Waals surface area contributed by atoms with Crippen molar-refractivity contribution in [1.29, 1.82) is 0 Å². The molecule has 1 aromatic rings. The van der Waals surface area contributed by atoms with Crippen LogP contribution in [0.15, 0.2) is 27.6 Å². The molecular formula is C9H12BrFN2O2S. The molecular weight excluding hydrogens is 299 g/mol. The Hall–Kier alpha value is -0.500. The molecule has 7 heteroatoms. The van der Waals surface area contributed by atoms with Crippen LogP contribution in [0.2, 0.25) is 0 Å². The van der Waals surface area contributed by atoms with Gasteiger partial charge in [-0.05, 0) is 47.1 Å². The third kappa shape index (κ3) is 3.51. The van der Waals surface area contributed by atoms with E-state index >= 15 is 0 Å². The summed E-state index contributed by atoms with van der Waals surface area (Å²) < 4.78 is 38.8. The summed E-state index contributed by atoms with van der Waals surface area (Å²) in [6.07, 6.45) is 0.554. The van der Waals surface area contributed by atoms with Gasteiger partial charge in [-0.15, -0.1) is 0 Å². The Balaban J connectivity index is 2.90. The largest absolute Gasteiger partial charge is 0.330 e. The molecule has 0 spiro atoms. The van der Waals surface area contributed by atoms with Gasteiger partial charge < -0.3 is 5.73 Å². The molecule has 0 radical (unpaired) electrons. The van der Waals surface area contributed by atoms with E-state index < -0.39 is 15.8 Å². The third-order valence-corrected chi connectivity index (χ3v) is 4.29. The Morgan fingerprint density at radius 3 is 2.69 bits per heavy atom. The summed E-state index contributed by atoms with van der Waals surface area (Å²) in [5.41, 5.74) is 5.25. The molecule has 1 aromatic carbocycles. The Morgan fingerprint density at radius 2 is 2.12 bits per heavy atom. The van der Waals surface area contributed by atoms with Gasteiger partial charge in [0.05, 0.1) is 4.90 Å². The molecule has 0 fully saturated rings. The second kappa shape index (κ2) is 5.72. The van der Waals surface area contributed by atoms with Gasteiger partial charge in [-0.25, -0.2) is 17.5 Å². The first kappa shape index (κ1) is 13.6. The molecule has 0 heterocycles. The summed E-state index contributed by atoms with van der Waals surface area (Å²) in [6.45, 7) is 0.676. The smallest absolute Gasteiger partial charge is 0.241 e. The van der Waals surface area contributed by atoms with Gasteiger partial charge >= 0.3 is 0 Å². The molecule has 0 aromatic heterocycles. The maximum Gasteiger partial charge on any atom is 0.241 e. The molecule has 0 saturated heterocycles. The third-order valence-electron chi connectivity index (χ3n) is 1.86. The van der Waals surface area contributed by atoms with Crippen molar-refractivity contribution >= 4 is 26.0 Å². The molecule has 3 N–H and O–H groups in total. The quantitative estimate of drug-likeness (QED) is 0.803. The van der Waals surface area contributed by atoms with Crippen LogP contribution in [-0.2, 0) is 10.0 Å². The fraction of sp³-hybridized carbons (Fsp3) is 0.333. The van der Waals surface area contributed by atoms with E-state index in [2.05, 4.69) is 20.7 Å². The van der Waals surface area contributed by atoms with Crippen molar-refractivity contribution in [3.05, 3.63) is 28.5 Å². The number of hydrogen-bond donors (Lipinski definition) is 2. The fourth-order valence-electron chi connectivity index (χ4n) is 1.08. The van der Waals surface area contributed by atoms with Gasteiger partial charge in [-0.3, -0.25) is 0 Å². The molecule has 0 saturated carbocycles. The van der Waals surface area contributed by atoms with Crippen LogP contribution in [0.25, 0.3) is 0 Å². The minimum atomic E-state index is -3.60. The zero-order valence-corrected chi connectivity index (χ0v) is 10.8. The van der Waals surface area contributed by atoms with Crippen LogP contribution in [0.1, 0.15) is 6.42 Å². The normalized spacial score (nSPS) is 11.7. The Morgan fingerprint density at radius 1 is 1.44 bits per heavy atom. The maximum absolute atomic E-state index is 12.8. The Kier molecular flexibility index (Phi) is 4.85. The Bertz CT molecular complexity index is 465. The highest BCUT2D eigenvalue weighted by molar-refractivity contribution is 9.10. The zero-order valence-electron chi connectivity index (χ0n) is 8.41. The molecule has 4 nitrogen and oxygen atoms in total. The van der Waals surface area contributed by atoms with Crippen LogP contribution in [0.4, 0.5) is 4.39 Å². The van der Waals surface area contributed by atoms with Crippen LogP contribution < -0.4 is 10.5 Å². The lowest BCUT2D eigenvalue weighted by Crippen LogP contribution is -2.26. The summed E-state index contributed by atoms with van der Waals surface area (Å²) in [5, 5.41) is 0. The fourth-order valence-corrected chi connectivity index (χ4v) is 3.20. The first-order valence-corrected chi connectivity index (χ1v) is 6.90. The molecule has 16 heavy (non-hydrogen) atoms. The molecule has 0 amide bonds. The predicted molar refractivity (Wildman–Crippen MR) is 63.0 cm³/mol. The standard InChI is InChI=1S/C9H12BrFN2O2S/c10-8-6-7(11)2-3-9(8)16(14,15)13-5-1-4-12/h2-3,6,13H,1,4-5,12H2. The van der Waals surface area contributed by atoms with Crippen molar-refractivity contribution in [1.82, 2.24) is 4.72 Å². The average molecular weight is 311 g/mol. The number of halogens is 2. The highest BCUT2D eigenvalue weighted by atomic mass is 79.9. The lowest BCUT2D eigenvalue weighted by atomic mass is 10.3. The van der Waals surface area contributed by atoms with Crippen molar-refractivity contribution in [2.45, 2.75) is 11.3 Å². The van der Waals surface area contributed by atoms with Gasteiger partial charge in [-0.2, -0.15) is 0 Å². The van der Waals surface area contributed by atoms with E-state index in [4.69, 9.17) is 5.73 Å². The average Bonchev–Trinajstić information content (AvgIpc) is 2.17. The van der Waals surface area contributed by atoms with Gasteiger partial charge in [0.25, 0.3) is 0 Å². The first-order valence-electron chi connectivity index (χ1n) is 4.62. The van der Waals surface area contributed by atoms with E-state index in [1.54, 1.807) is 0 Å². The van der Waals surface area contributed by atoms with Crippen LogP contribution in [-0.4, -0.2) is 21.5 Å². The van der Waals surface area contributed by atoms with Gasteiger partial charge in [0.2, 0.25) is 10.0 Å². The van der Waals surface area contributed by atoms with Crippen LogP contribution in [0.3, 0.4) is 0 Å². The number of hydrogen-bond acceptors (Lipinski definition) is 3. The molecule has 0 aliphatic heterocycles.